The van der Waals surface area contributed by atoms with Gasteiger partial charge in [-0.1, -0.05) is 60.7 Å². The van der Waals surface area contributed by atoms with Gasteiger partial charge in [-0.2, -0.15) is 0 Å². The van der Waals surface area contributed by atoms with Gasteiger partial charge in [0.05, 0.1) is 25.7 Å². The minimum absolute atomic E-state index is 0.124. The molecule has 156 valence electrons. The molecule has 3 rings (SSSR count). The first-order valence-electron chi connectivity index (χ1n) is 9.88. The maximum absolute atomic E-state index is 13.2. The van der Waals surface area contributed by atoms with E-state index in [1.165, 1.54) is 0 Å². The summed E-state index contributed by atoms with van der Waals surface area (Å²) in [6, 6.07) is 18.9. The molecular weight excluding hydrogens is 391 g/mol. The molecule has 0 spiro atoms. The first-order valence-corrected chi connectivity index (χ1v) is 11.3. The summed E-state index contributed by atoms with van der Waals surface area (Å²) < 4.78 is 30.1. The monoisotopic (exact) mass is 418 g/mol. The predicted octanol–water partition coefficient (Wildman–Crippen LogP) is 5.44. The molecule has 0 heterocycles. The van der Waals surface area contributed by atoms with Gasteiger partial charge in [0.25, 0.3) is 0 Å². The van der Waals surface area contributed by atoms with Crippen LogP contribution in [0.3, 0.4) is 0 Å². The molecule has 0 saturated heterocycles. The van der Waals surface area contributed by atoms with Crippen LogP contribution in [-0.2, 0) is 36.1 Å². The van der Waals surface area contributed by atoms with Crippen molar-refractivity contribution in [3.63, 3.8) is 0 Å². The molecule has 1 aliphatic carbocycles. The summed E-state index contributed by atoms with van der Waals surface area (Å²) >= 11 is 0. The van der Waals surface area contributed by atoms with E-state index in [0.717, 1.165) is 24.0 Å². The topological polar surface area (TPSA) is 82.1 Å². The molecule has 0 amide bonds. The van der Waals surface area contributed by atoms with E-state index in [4.69, 9.17) is 18.7 Å². The molecule has 0 unspecified atom stereocenters. The molecule has 0 atom stereocenters. The number of rotatable bonds is 10. The van der Waals surface area contributed by atoms with Gasteiger partial charge in [-0.05, 0) is 42.7 Å². The molecule has 7 heteroatoms. The minimum Gasteiger partial charge on any atom is -0.481 e. The fourth-order valence-corrected chi connectivity index (χ4v) is 4.57. The van der Waals surface area contributed by atoms with Crippen molar-refractivity contribution in [1.29, 1.82) is 0 Å². The van der Waals surface area contributed by atoms with Crippen LogP contribution in [0.5, 0.6) is 0 Å². The lowest BCUT2D eigenvalue weighted by molar-refractivity contribution is -0.143. The number of hydrogen-bond acceptors (Lipinski definition) is 5. The smallest absolute Gasteiger partial charge is 0.475 e. The van der Waals surface area contributed by atoms with Gasteiger partial charge in [0.1, 0.15) is 0 Å². The van der Waals surface area contributed by atoms with Crippen LogP contribution in [0.25, 0.3) is 0 Å². The normalized spacial score (nSPS) is 19.7. The molecule has 1 aliphatic rings. The number of phosphoric ester groups is 1. The molecule has 1 fully saturated rings. The summed E-state index contributed by atoms with van der Waals surface area (Å²) in [5.74, 6) is -0.881. The van der Waals surface area contributed by atoms with Crippen LogP contribution >= 0.6 is 7.82 Å². The molecule has 29 heavy (non-hydrogen) atoms. The molecule has 0 aliphatic heterocycles. The van der Waals surface area contributed by atoms with E-state index in [-0.39, 0.29) is 31.7 Å². The Kier molecular flexibility index (Phi) is 8.01. The molecule has 6 nitrogen and oxygen atoms in total. The van der Waals surface area contributed by atoms with Crippen molar-refractivity contribution in [2.24, 2.45) is 11.8 Å². The summed E-state index contributed by atoms with van der Waals surface area (Å²) in [4.78, 5) is 11.1. The Morgan fingerprint density at radius 1 is 0.828 bits per heavy atom. The van der Waals surface area contributed by atoms with Crippen molar-refractivity contribution >= 4 is 13.8 Å². The Bertz CT molecular complexity index is 755. The van der Waals surface area contributed by atoms with Crippen molar-refractivity contribution < 1.29 is 28.0 Å². The van der Waals surface area contributed by atoms with Gasteiger partial charge in [0.15, 0.2) is 0 Å². The Balaban J connectivity index is 1.57. The number of benzene rings is 2. The van der Waals surface area contributed by atoms with Gasteiger partial charge in [0, 0.05) is 0 Å². The zero-order chi connectivity index (χ0) is 20.5. The zero-order valence-electron chi connectivity index (χ0n) is 16.3. The van der Waals surface area contributed by atoms with Gasteiger partial charge in [0.2, 0.25) is 0 Å². The SMILES string of the molecule is O=C(O)C1CCC(COP(=O)(OCc2ccccc2)OCc2ccccc2)CC1. The van der Waals surface area contributed by atoms with Crippen molar-refractivity contribution in [1.82, 2.24) is 0 Å². The van der Waals surface area contributed by atoms with E-state index in [2.05, 4.69) is 0 Å². The summed E-state index contributed by atoms with van der Waals surface area (Å²) in [6.07, 6.45) is 2.69. The summed E-state index contributed by atoms with van der Waals surface area (Å²) in [7, 11) is -3.77. The number of phosphoric acid groups is 1. The van der Waals surface area contributed by atoms with Crippen LogP contribution in [0.15, 0.2) is 60.7 Å². The third-order valence-electron chi connectivity index (χ3n) is 5.13. The van der Waals surface area contributed by atoms with E-state index >= 15 is 0 Å². The van der Waals surface area contributed by atoms with Gasteiger partial charge in [-0.3, -0.25) is 18.4 Å². The number of hydrogen-bond donors (Lipinski definition) is 1. The molecule has 0 radical (unpaired) electrons. The Morgan fingerprint density at radius 2 is 1.31 bits per heavy atom. The van der Waals surface area contributed by atoms with Gasteiger partial charge < -0.3 is 5.11 Å². The average Bonchev–Trinajstić information content (AvgIpc) is 2.77. The zero-order valence-corrected chi connectivity index (χ0v) is 17.2. The number of aliphatic carboxylic acids is 1. The predicted molar refractivity (Wildman–Crippen MR) is 109 cm³/mol. The Hall–Kier alpha value is -1.98. The van der Waals surface area contributed by atoms with Crippen molar-refractivity contribution in [2.45, 2.75) is 38.9 Å². The summed E-state index contributed by atoms with van der Waals surface area (Å²) in [5, 5.41) is 9.12. The maximum atomic E-state index is 13.2. The molecule has 0 aromatic heterocycles. The largest absolute Gasteiger partial charge is 0.481 e. The van der Waals surface area contributed by atoms with Crippen molar-refractivity contribution in [3.8, 4) is 0 Å². The van der Waals surface area contributed by atoms with Crippen LogP contribution < -0.4 is 0 Å². The van der Waals surface area contributed by atoms with Crippen LogP contribution in [0.2, 0.25) is 0 Å². The fourth-order valence-electron chi connectivity index (χ4n) is 3.34. The van der Waals surface area contributed by atoms with Crippen LogP contribution in [0, 0.1) is 11.8 Å². The second kappa shape index (κ2) is 10.7. The Morgan fingerprint density at radius 3 is 1.76 bits per heavy atom. The Labute approximate surface area is 171 Å². The standard InChI is InChI=1S/C22H27O6P/c23-22(24)21-13-11-20(12-14-21)17-28-29(25,26-15-18-7-3-1-4-8-18)27-16-19-9-5-2-6-10-19/h1-10,20-21H,11-17H2,(H,23,24). The molecular formula is C22H27O6P. The lowest BCUT2D eigenvalue weighted by atomic mass is 9.82. The fraction of sp³-hybridized carbons (Fsp3) is 0.409. The van der Waals surface area contributed by atoms with E-state index in [1.54, 1.807) is 0 Å². The van der Waals surface area contributed by atoms with E-state index in [1.807, 2.05) is 60.7 Å². The highest BCUT2D eigenvalue weighted by Crippen LogP contribution is 2.51. The second-order valence-electron chi connectivity index (χ2n) is 7.32. The van der Waals surface area contributed by atoms with E-state index < -0.39 is 13.8 Å². The molecule has 1 saturated carbocycles. The number of carboxylic acid groups (broad SMARTS) is 1. The quantitative estimate of drug-likeness (QED) is 0.518. The van der Waals surface area contributed by atoms with Crippen LogP contribution in [0.1, 0.15) is 36.8 Å². The lowest BCUT2D eigenvalue weighted by Crippen LogP contribution is -2.23. The number of carbonyl (C=O) groups is 1. The summed E-state index contributed by atoms with van der Waals surface area (Å²) in [5.41, 5.74) is 1.75. The average molecular weight is 418 g/mol. The van der Waals surface area contributed by atoms with E-state index in [0.29, 0.717) is 12.8 Å². The third kappa shape index (κ3) is 7.09. The molecule has 2 aromatic carbocycles. The van der Waals surface area contributed by atoms with E-state index in [9.17, 15) is 9.36 Å². The third-order valence-corrected chi connectivity index (χ3v) is 6.48. The van der Waals surface area contributed by atoms with Gasteiger partial charge >= 0.3 is 13.8 Å². The first-order chi connectivity index (χ1) is 14.0. The van der Waals surface area contributed by atoms with Crippen molar-refractivity contribution in [2.75, 3.05) is 6.61 Å². The molecule has 0 bridgehead atoms. The maximum Gasteiger partial charge on any atom is 0.475 e. The highest BCUT2D eigenvalue weighted by molar-refractivity contribution is 7.48. The highest BCUT2D eigenvalue weighted by Gasteiger charge is 2.31. The first kappa shape index (κ1) is 21.7. The van der Waals surface area contributed by atoms with Gasteiger partial charge in [-0.25, -0.2) is 4.57 Å². The van der Waals surface area contributed by atoms with Gasteiger partial charge in [-0.15, -0.1) is 0 Å². The minimum atomic E-state index is -3.77. The summed E-state index contributed by atoms with van der Waals surface area (Å²) in [6.45, 7) is 0.477. The molecule has 1 N–H and O–H groups in total. The lowest BCUT2D eigenvalue weighted by Gasteiger charge is -2.27. The van der Waals surface area contributed by atoms with Crippen LogP contribution in [-0.4, -0.2) is 17.7 Å². The second-order valence-corrected chi connectivity index (χ2v) is 8.99. The highest BCUT2D eigenvalue weighted by atomic mass is 31.2. The van der Waals surface area contributed by atoms with Crippen molar-refractivity contribution in [3.05, 3.63) is 71.8 Å². The number of carboxylic acids is 1. The van der Waals surface area contributed by atoms with Crippen LogP contribution in [0.4, 0.5) is 0 Å². The molecule has 2 aromatic rings.